The van der Waals surface area contributed by atoms with Crippen molar-refractivity contribution in [1.29, 1.82) is 0 Å². The number of carbonyl (C=O) groups is 4. The Morgan fingerprint density at radius 1 is 1.00 bits per heavy atom. The van der Waals surface area contributed by atoms with Crippen molar-refractivity contribution in [2.75, 3.05) is 0 Å². The Balaban J connectivity index is 2.10. The molecule has 0 radical (unpaired) electrons. The van der Waals surface area contributed by atoms with Gasteiger partial charge in [-0.3, -0.25) is 19.2 Å². The highest BCUT2D eigenvalue weighted by Crippen LogP contribution is 2.18. The maximum Gasteiger partial charge on any atom is 0.272 e. The zero-order chi connectivity index (χ0) is 11.9. The molecule has 0 bridgehead atoms. The minimum Gasteiger partial charge on any atom is -0.319 e. The van der Waals surface area contributed by atoms with E-state index in [0.717, 1.165) is 0 Å². The molecule has 86 valence electrons. The molecule has 0 saturated carbocycles. The Bertz CT molecular complexity index is 377. The third-order valence-electron chi connectivity index (χ3n) is 2.31. The van der Waals surface area contributed by atoms with Gasteiger partial charge in [0, 0.05) is 12.8 Å². The Kier molecular flexibility index (Phi) is 2.44. The summed E-state index contributed by atoms with van der Waals surface area (Å²) in [4.78, 5) is 49.6. The molecule has 1 unspecified atom stereocenters. The predicted molar refractivity (Wildman–Crippen MR) is 46.6 cm³/mol. The van der Waals surface area contributed by atoms with Crippen LogP contribution in [0.25, 0.3) is 0 Å². The van der Waals surface area contributed by atoms with Crippen LogP contribution in [-0.2, 0) is 24.1 Å². The van der Waals surface area contributed by atoms with Gasteiger partial charge in [0.15, 0.2) is 0 Å². The second-order valence-corrected chi connectivity index (χ2v) is 3.50. The van der Waals surface area contributed by atoms with Crippen LogP contribution in [0.1, 0.15) is 19.3 Å². The van der Waals surface area contributed by atoms with Crippen LogP contribution < -0.4 is 5.73 Å². The van der Waals surface area contributed by atoms with Crippen LogP contribution in [0, 0.1) is 0 Å². The number of hydroxylamine groups is 4. The standard InChI is InChI=1S/C8H9N3O5/c9-4-3-7(14)11(8(4)15)16-10-5(12)1-2-6(10)13/h4H,1-3,9H2. The summed E-state index contributed by atoms with van der Waals surface area (Å²) in [5.41, 5.74) is 5.32. The zero-order valence-corrected chi connectivity index (χ0v) is 8.21. The highest BCUT2D eigenvalue weighted by molar-refractivity contribution is 6.05. The Morgan fingerprint density at radius 2 is 1.56 bits per heavy atom. The summed E-state index contributed by atoms with van der Waals surface area (Å²) in [5, 5.41) is 0.791. The first-order valence-electron chi connectivity index (χ1n) is 4.67. The number of rotatable bonds is 2. The average Bonchev–Trinajstić information content (AvgIpc) is 2.65. The van der Waals surface area contributed by atoms with Gasteiger partial charge in [-0.2, -0.15) is 0 Å². The second kappa shape index (κ2) is 3.65. The van der Waals surface area contributed by atoms with Gasteiger partial charge in [0.25, 0.3) is 23.6 Å². The number of hydrogen-bond acceptors (Lipinski definition) is 6. The van der Waals surface area contributed by atoms with Crippen molar-refractivity contribution >= 4 is 23.6 Å². The van der Waals surface area contributed by atoms with Gasteiger partial charge >= 0.3 is 0 Å². The number of amides is 4. The molecule has 0 aromatic heterocycles. The smallest absolute Gasteiger partial charge is 0.272 e. The highest BCUT2D eigenvalue weighted by Gasteiger charge is 2.42. The van der Waals surface area contributed by atoms with Gasteiger partial charge in [0.2, 0.25) is 0 Å². The SMILES string of the molecule is NC1CC(=O)N(ON2C(=O)CCC2=O)C1=O. The van der Waals surface area contributed by atoms with E-state index in [1.54, 1.807) is 0 Å². The zero-order valence-electron chi connectivity index (χ0n) is 8.21. The lowest BCUT2D eigenvalue weighted by atomic mass is 10.3. The summed E-state index contributed by atoms with van der Waals surface area (Å²) in [6.45, 7) is 0. The molecule has 2 heterocycles. The van der Waals surface area contributed by atoms with E-state index in [9.17, 15) is 19.2 Å². The number of carbonyl (C=O) groups excluding carboxylic acids is 4. The summed E-state index contributed by atoms with van der Waals surface area (Å²) < 4.78 is 0. The van der Waals surface area contributed by atoms with E-state index >= 15 is 0 Å². The molecular weight excluding hydrogens is 218 g/mol. The van der Waals surface area contributed by atoms with E-state index in [-0.39, 0.29) is 19.3 Å². The largest absolute Gasteiger partial charge is 0.319 e. The Morgan fingerprint density at radius 3 is 2.00 bits per heavy atom. The van der Waals surface area contributed by atoms with E-state index in [1.807, 2.05) is 0 Å². The minimum absolute atomic E-state index is 0.0150. The molecule has 8 heteroatoms. The third kappa shape index (κ3) is 1.57. The van der Waals surface area contributed by atoms with Crippen molar-refractivity contribution < 1.29 is 24.1 Å². The summed E-state index contributed by atoms with van der Waals surface area (Å²) in [6, 6.07) is -0.972. The molecule has 2 fully saturated rings. The summed E-state index contributed by atoms with van der Waals surface area (Å²) >= 11 is 0. The van der Waals surface area contributed by atoms with E-state index in [1.165, 1.54) is 0 Å². The first-order valence-corrected chi connectivity index (χ1v) is 4.67. The van der Waals surface area contributed by atoms with Gasteiger partial charge in [0.1, 0.15) is 0 Å². The molecule has 2 aliphatic heterocycles. The lowest BCUT2D eigenvalue weighted by molar-refractivity contribution is -0.269. The molecule has 4 amide bonds. The summed E-state index contributed by atoms with van der Waals surface area (Å²) in [5.74, 6) is -2.57. The van der Waals surface area contributed by atoms with Crippen molar-refractivity contribution in [1.82, 2.24) is 10.1 Å². The highest BCUT2D eigenvalue weighted by atomic mass is 16.9. The lowest BCUT2D eigenvalue weighted by Crippen LogP contribution is -2.43. The predicted octanol–water partition coefficient (Wildman–Crippen LogP) is -1.93. The molecule has 0 aliphatic carbocycles. The number of hydrogen-bond donors (Lipinski definition) is 1. The Labute approximate surface area is 89.8 Å². The van der Waals surface area contributed by atoms with E-state index < -0.39 is 29.7 Å². The lowest BCUT2D eigenvalue weighted by Gasteiger charge is -2.18. The monoisotopic (exact) mass is 227 g/mol. The Hall–Kier alpha value is -1.80. The van der Waals surface area contributed by atoms with Crippen LogP contribution in [0.5, 0.6) is 0 Å². The normalized spacial score (nSPS) is 26.2. The average molecular weight is 227 g/mol. The van der Waals surface area contributed by atoms with Crippen LogP contribution in [0.15, 0.2) is 0 Å². The minimum atomic E-state index is -0.972. The molecule has 2 aliphatic rings. The fraction of sp³-hybridized carbons (Fsp3) is 0.500. The number of nitrogens with zero attached hydrogens (tertiary/aromatic N) is 2. The molecule has 2 N–H and O–H groups in total. The maximum atomic E-state index is 11.3. The van der Waals surface area contributed by atoms with E-state index in [4.69, 9.17) is 5.73 Å². The van der Waals surface area contributed by atoms with Crippen LogP contribution in [0.2, 0.25) is 0 Å². The number of imide groups is 2. The third-order valence-corrected chi connectivity index (χ3v) is 2.31. The maximum absolute atomic E-state index is 11.3. The summed E-state index contributed by atoms with van der Waals surface area (Å²) in [6.07, 6.45) is -0.155. The van der Waals surface area contributed by atoms with Crippen molar-refractivity contribution in [3.8, 4) is 0 Å². The van der Waals surface area contributed by atoms with Crippen LogP contribution in [-0.4, -0.2) is 39.8 Å². The van der Waals surface area contributed by atoms with Crippen molar-refractivity contribution in [3.05, 3.63) is 0 Å². The topological polar surface area (TPSA) is 110 Å². The first-order chi connectivity index (χ1) is 7.50. The van der Waals surface area contributed by atoms with Gasteiger partial charge in [-0.05, 0) is 0 Å². The fourth-order valence-electron chi connectivity index (χ4n) is 1.45. The first kappa shape index (κ1) is 10.7. The fourth-order valence-corrected chi connectivity index (χ4v) is 1.45. The molecule has 0 aromatic rings. The van der Waals surface area contributed by atoms with E-state index in [0.29, 0.717) is 10.1 Å². The van der Waals surface area contributed by atoms with Gasteiger partial charge in [0.05, 0.1) is 12.5 Å². The quantitative estimate of drug-likeness (QED) is 0.550. The van der Waals surface area contributed by atoms with Crippen molar-refractivity contribution in [2.45, 2.75) is 25.3 Å². The van der Waals surface area contributed by atoms with Crippen LogP contribution >= 0.6 is 0 Å². The van der Waals surface area contributed by atoms with Crippen LogP contribution in [0.3, 0.4) is 0 Å². The van der Waals surface area contributed by atoms with Crippen molar-refractivity contribution in [3.63, 3.8) is 0 Å². The van der Waals surface area contributed by atoms with Crippen LogP contribution in [0.4, 0.5) is 0 Å². The van der Waals surface area contributed by atoms with Gasteiger partial charge in [-0.25, -0.2) is 0 Å². The van der Waals surface area contributed by atoms with Crippen molar-refractivity contribution in [2.24, 2.45) is 5.73 Å². The van der Waals surface area contributed by atoms with Gasteiger partial charge in [-0.15, -0.1) is 15.1 Å². The molecule has 1 atom stereocenters. The molecule has 8 nitrogen and oxygen atoms in total. The van der Waals surface area contributed by atoms with Gasteiger partial charge < -0.3 is 5.73 Å². The second-order valence-electron chi connectivity index (χ2n) is 3.50. The molecule has 2 saturated heterocycles. The molecule has 0 aromatic carbocycles. The molecule has 2 rings (SSSR count). The number of nitrogens with two attached hydrogens (primary N) is 1. The van der Waals surface area contributed by atoms with E-state index in [2.05, 4.69) is 4.94 Å². The summed E-state index contributed by atoms with van der Waals surface area (Å²) in [7, 11) is 0. The molecule has 0 spiro atoms. The molecule has 16 heavy (non-hydrogen) atoms. The molecular formula is C8H9N3O5. The van der Waals surface area contributed by atoms with Gasteiger partial charge in [-0.1, -0.05) is 0 Å².